The molecule has 0 N–H and O–H groups in total. The Morgan fingerprint density at radius 2 is 1.63 bits per heavy atom. The third kappa shape index (κ3) is 5.54. The zero-order valence-corrected chi connectivity index (χ0v) is 22.5. The highest BCUT2D eigenvalue weighted by atomic mass is 19.1. The summed E-state index contributed by atoms with van der Waals surface area (Å²) in [4.78, 5) is 26.9. The molecule has 0 bridgehead atoms. The van der Waals surface area contributed by atoms with Crippen LogP contribution < -0.4 is 4.90 Å². The number of nitrogens with zero attached hydrogens (tertiary/aromatic N) is 6. The zero-order valence-electron chi connectivity index (χ0n) is 22.5. The maximum atomic E-state index is 13.6. The number of rotatable bonds is 8. The minimum atomic E-state index is -0.292. The van der Waals surface area contributed by atoms with Gasteiger partial charge < -0.3 is 9.80 Å². The van der Waals surface area contributed by atoms with Crippen molar-refractivity contribution in [1.29, 1.82) is 0 Å². The summed E-state index contributed by atoms with van der Waals surface area (Å²) in [6.45, 7) is 8.95. The van der Waals surface area contributed by atoms with Crippen LogP contribution in [0.15, 0.2) is 48.5 Å². The van der Waals surface area contributed by atoms with Crippen LogP contribution in [0, 0.1) is 19.7 Å². The molecular formula is C30H35FN6O. The Labute approximate surface area is 223 Å². The smallest absolute Gasteiger partial charge is 0.222 e. The Morgan fingerprint density at radius 3 is 2.32 bits per heavy atom. The average Bonchev–Trinajstić information content (AvgIpc) is 3.26. The van der Waals surface area contributed by atoms with E-state index >= 15 is 0 Å². The van der Waals surface area contributed by atoms with Crippen molar-refractivity contribution in [2.24, 2.45) is 0 Å². The van der Waals surface area contributed by atoms with E-state index in [2.05, 4.69) is 43.0 Å². The van der Waals surface area contributed by atoms with Gasteiger partial charge in [-0.1, -0.05) is 49.6 Å². The topological polar surface area (TPSA) is 67.2 Å². The number of fused-ring (bicyclic) bond motifs is 1. The average molecular weight is 515 g/mol. The lowest BCUT2D eigenvalue weighted by Gasteiger charge is -2.36. The van der Waals surface area contributed by atoms with Crippen molar-refractivity contribution in [2.75, 3.05) is 31.1 Å². The van der Waals surface area contributed by atoms with Crippen molar-refractivity contribution < 1.29 is 9.18 Å². The predicted octanol–water partition coefficient (Wildman–Crippen LogP) is 5.39. The lowest BCUT2D eigenvalue weighted by Crippen LogP contribution is -2.49. The third-order valence-corrected chi connectivity index (χ3v) is 7.21. The lowest BCUT2D eigenvalue weighted by atomic mass is 10.1. The summed E-state index contributed by atoms with van der Waals surface area (Å²) in [6, 6.07) is 14.7. The molecule has 8 heteroatoms. The van der Waals surface area contributed by atoms with Crippen LogP contribution in [0.4, 0.5) is 10.2 Å². The molecule has 0 radical (unpaired) electrons. The summed E-state index contributed by atoms with van der Waals surface area (Å²) in [6.07, 6.45) is 4.36. The van der Waals surface area contributed by atoms with Gasteiger partial charge in [0, 0.05) is 39.0 Å². The van der Waals surface area contributed by atoms with E-state index in [9.17, 15) is 9.18 Å². The van der Waals surface area contributed by atoms with Gasteiger partial charge in [-0.05, 0) is 50.1 Å². The van der Waals surface area contributed by atoms with Crippen LogP contribution >= 0.6 is 0 Å². The number of hydrogen-bond acceptors (Lipinski definition) is 5. The highest BCUT2D eigenvalue weighted by Gasteiger charge is 2.26. The molecule has 0 unspecified atom stereocenters. The molecule has 0 saturated carbocycles. The van der Waals surface area contributed by atoms with Crippen molar-refractivity contribution in [2.45, 2.75) is 52.9 Å². The second-order valence-electron chi connectivity index (χ2n) is 10.1. The number of aryl methyl sites for hydroxylation is 2. The molecule has 38 heavy (non-hydrogen) atoms. The molecule has 2 aromatic carbocycles. The molecule has 1 aliphatic heterocycles. The number of carbonyl (C=O) groups excluding carboxylic acids is 1. The van der Waals surface area contributed by atoms with Crippen LogP contribution in [0.25, 0.3) is 16.7 Å². The number of anilines is 1. The van der Waals surface area contributed by atoms with Gasteiger partial charge in [-0.25, -0.2) is 19.0 Å². The molecule has 2 aromatic heterocycles. The minimum absolute atomic E-state index is 0.242. The number of carbonyl (C=O) groups is 1. The van der Waals surface area contributed by atoms with Crippen molar-refractivity contribution in [3.8, 4) is 5.69 Å². The lowest BCUT2D eigenvalue weighted by molar-refractivity contribution is -0.131. The number of hydrogen-bond donors (Lipinski definition) is 0. The molecule has 1 aliphatic rings. The molecule has 1 amide bonds. The summed E-state index contributed by atoms with van der Waals surface area (Å²) < 4.78 is 15.4. The van der Waals surface area contributed by atoms with Crippen molar-refractivity contribution in [3.05, 3.63) is 77.0 Å². The van der Waals surface area contributed by atoms with E-state index in [1.807, 2.05) is 11.8 Å². The number of benzene rings is 2. The molecule has 0 atom stereocenters. The van der Waals surface area contributed by atoms with Gasteiger partial charge in [-0.2, -0.15) is 5.10 Å². The summed E-state index contributed by atoms with van der Waals surface area (Å²) in [5.41, 5.74) is 4.61. The molecule has 0 aliphatic carbocycles. The molecule has 0 spiro atoms. The first-order valence-electron chi connectivity index (χ1n) is 13.5. The van der Waals surface area contributed by atoms with Gasteiger partial charge in [0.2, 0.25) is 5.91 Å². The fraction of sp³-hybridized carbons (Fsp3) is 0.400. The maximum absolute atomic E-state index is 13.6. The summed E-state index contributed by atoms with van der Waals surface area (Å²) in [5, 5.41) is 5.68. The summed E-state index contributed by atoms with van der Waals surface area (Å²) in [5.74, 6) is 1.50. The van der Waals surface area contributed by atoms with Crippen LogP contribution in [-0.4, -0.2) is 56.7 Å². The standard InChI is InChI=1S/C30H35FN6O/c1-4-5-6-7-27(38)35-16-18-36(19-17-35)29-28-22(3)34-37(25-14-12-24(31)13-15-25)30(28)33-26(32-29)20-23-10-8-21(2)9-11-23/h8-15H,4-7,16-20H2,1-3H3. The number of piperazine rings is 1. The number of amides is 1. The van der Waals surface area contributed by atoms with E-state index in [1.165, 1.54) is 17.7 Å². The summed E-state index contributed by atoms with van der Waals surface area (Å²) in [7, 11) is 0. The van der Waals surface area contributed by atoms with E-state index < -0.39 is 0 Å². The van der Waals surface area contributed by atoms with Gasteiger partial charge >= 0.3 is 0 Å². The Hall–Kier alpha value is -3.81. The van der Waals surface area contributed by atoms with Crippen LogP contribution in [0.1, 0.15) is 55.3 Å². The first-order chi connectivity index (χ1) is 18.4. The van der Waals surface area contributed by atoms with Crippen molar-refractivity contribution >= 4 is 22.8 Å². The molecule has 7 nitrogen and oxygen atoms in total. The Kier molecular flexibility index (Phi) is 7.67. The van der Waals surface area contributed by atoms with Gasteiger partial charge in [0.15, 0.2) is 5.65 Å². The van der Waals surface area contributed by atoms with Crippen LogP contribution in [0.2, 0.25) is 0 Å². The molecule has 5 rings (SSSR count). The van der Waals surface area contributed by atoms with Gasteiger partial charge in [-0.15, -0.1) is 0 Å². The van der Waals surface area contributed by atoms with E-state index in [0.29, 0.717) is 50.5 Å². The summed E-state index contributed by atoms with van der Waals surface area (Å²) >= 11 is 0. The number of aromatic nitrogens is 4. The maximum Gasteiger partial charge on any atom is 0.222 e. The zero-order chi connectivity index (χ0) is 26.6. The second-order valence-corrected chi connectivity index (χ2v) is 10.1. The van der Waals surface area contributed by atoms with E-state index in [4.69, 9.17) is 15.1 Å². The molecule has 1 fully saturated rings. The number of unbranched alkanes of at least 4 members (excludes halogenated alkanes) is 2. The SMILES string of the molecule is CCCCCC(=O)N1CCN(c2nc(Cc3ccc(C)cc3)nc3c2c(C)nn3-c2ccc(F)cc2)CC1. The van der Waals surface area contributed by atoms with Crippen molar-refractivity contribution in [3.63, 3.8) is 0 Å². The molecular weight excluding hydrogens is 479 g/mol. The van der Waals surface area contributed by atoms with Crippen LogP contribution in [0.5, 0.6) is 0 Å². The van der Waals surface area contributed by atoms with Gasteiger partial charge in [0.25, 0.3) is 0 Å². The second kappa shape index (κ2) is 11.3. The van der Waals surface area contributed by atoms with Crippen molar-refractivity contribution in [1.82, 2.24) is 24.6 Å². The highest BCUT2D eigenvalue weighted by Crippen LogP contribution is 2.30. The van der Waals surface area contributed by atoms with Crippen LogP contribution in [-0.2, 0) is 11.2 Å². The predicted molar refractivity (Wildman–Crippen MR) is 148 cm³/mol. The Morgan fingerprint density at radius 1 is 0.921 bits per heavy atom. The quantitative estimate of drug-likeness (QED) is 0.295. The Bertz CT molecular complexity index is 1410. The van der Waals surface area contributed by atoms with Crippen LogP contribution in [0.3, 0.4) is 0 Å². The first kappa shape index (κ1) is 25.8. The van der Waals surface area contributed by atoms with Gasteiger partial charge in [-0.3, -0.25) is 4.79 Å². The van der Waals surface area contributed by atoms with E-state index in [-0.39, 0.29) is 11.7 Å². The molecule has 4 aromatic rings. The third-order valence-electron chi connectivity index (χ3n) is 7.21. The molecule has 1 saturated heterocycles. The van der Waals surface area contributed by atoms with Gasteiger partial charge in [0.1, 0.15) is 17.5 Å². The first-order valence-corrected chi connectivity index (χ1v) is 13.5. The largest absolute Gasteiger partial charge is 0.352 e. The van der Waals surface area contributed by atoms with E-state index in [0.717, 1.165) is 47.4 Å². The molecule has 3 heterocycles. The normalized spacial score (nSPS) is 13.9. The van der Waals surface area contributed by atoms with E-state index in [1.54, 1.807) is 16.8 Å². The monoisotopic (exact) mass is 514 g/mol. The molecule has 198 valence electrons. The number of halogens is 1. The fourth-order valence-electron chi connectivity index (χ4n) is 5.02. The highest BCUT2D eigenvalue weighted by molar-refractivity contribution is 5.91. The Balaban J connectivity index is 1.49. The minimum Gasteiger partial charge on any atom is -0.352 e. The van der Waals surface area contributed by atoms with Gasteiger partial charge in [0.05, 0.1) is 16.8 Å². The fourth-order valence-corrected chi connectivity index (χ4v) is 5.02.